The van der Waals surface area contributed by atoms with E-state index in [-0.39, 0.29) is 34.7 Å². The van der Waals surface area contributed by atoms with Gasteiger partial charge in [0.25, 0.3) is 0 Å². The van der Waals surface area contributed by atoms with Gasteiger partial charge in [0.15, 0.2) is 0 Å². The van der Waals surface area contributed by atoms with Crippen LogP contribution in [0.4, 0.5) is 0 Å². The maximum Gasteiger partial charge on any atom is 2.00 e. The summed E-state index contributed by atoms with van der Waals surface area (Å²) in [7, 11) is 0. The van der Waals surface area contributed by atoms with E-state index in [4.69, 9.17) is 22.1 Å². The molecule has 0 spiro atoms. The molecule has 11 heavy (non-hydrogen) atoms. The van der Waals surface area contributed by atoms with Crippen LogP contribution in [0.5, 0.6) is 0 Å². The minimum absolute atomic E-state index is 0. The van der Waals surface area contributed by atoms with Gasteiger partial charge >= 0.3 is 10.1 Å². The van der Waals surface area contributed by atoms with Gasteiger partial charge in [0, 0.05) is 0 Å². The molecule has 0 aromatic carbocycles. The van der Waals surface area contributed by atoms with Crippen LogP contribution in [0.2, 0.25) is 0 Å². The van der Waals surface area contributed by atoms with Crippen molar-refractivity contribution in [3.8, 4) is 0 Å². The summed E-state index contributed by atoms with van der Waals surface area (Å²) in [6.07, 6.45) is 0. The molecule has 0 bridgehead atoms. The number of hydrogen-bond acceptors (Lipinski definition) is 3. The van der Waals surface area contributed by atoms with Gasteiger partial charge in [0.1, 0.15) is 0 Å². The normalized spacial score (nSPS) is 1.45. The van der Waals surface area contributed by atoms with Crippen LogP contribution in [-0.2, 0) is 0 Å². The fraction of sp³-hybridized carbons (Fsp3) is 0. The Morgan fingerprint density at radius 3 is 0.636 bits per heavy atom. The molecule has 0 fully saturated rings. The zero-order chi connectivity index (χ0) is 5.41. The molecule has 0 unspecified atom stereocenters. The molecule has 0 saturated carbocycles. The second-order valence-corrected chi connectivity index (χ2v) is 0.179. The summed E-state index contributed by atoms with van der Waals surface area (Å²) in [5, 5.41) is 0. The van der Waals surface area contributed by atoms with Crippen molar-refractivity contribution in [2.24, 2.45) is 0 Å². The van der Waals surface area contributed by atoms with Crippen LogP contribution in [0.25, 0.3) is 31.9 Å². The molecular formula is H13BeN10+. The van der Waals surface area contributed by atoms with Gasteiger partial charge in [-0.05, 0) is 0 Å². The predicted octanol–water partition coefficient (Wildman–Crippen LogP) is 2.21. The van der Waals surface area contributed by atoms with Gasteiger partial charge in [-0.1, -0.05) is 0 Å². The molecule has 64 valence electrons. The maximum absolute atomic E-state index is 6.75. The summed E-state index contributed by atoms with van der Waals surface area (Å²) in [4.78, 5) is 3.00. The van der Waals surface area contributed by atoms with E-state index in [2.05, 4.69) is 0 Å². The fourth-order valence-electron chi connectivity index (χ4n) is 0. The van der Waals surface area contributed by atoms with Crippen molar-refractivity contribution in [2.45, 2.75) is 0 Å². The molecule has 0 aromatic rings. The number of quaternary nitrogens is 1. The Kier molecular flexibility index (Phi) is 12000. The van der Waals surface area contributed by atoms with E-state index in [1.165, 1.54) is 9.82 Å². The third kappa shape index (κ3) is 202. The largest absolute Gasteiger partial charge is 2.00 e. The Labute approximate surface area is 67.7 Å². The molecule has 0 aromatic heterocycles. The Balaban J connectivity index is -0.00000000400. The molecule has 0 heterocycles. The van der Waals surface area contributed by atoms with Gasteiger partial charge in [0.05, 0.1) is 0 Å². The standard InChI is InChI=1S/Be.2N3.4H3N/c;2*1-3-2;;;;/h;;;4*1H3/q+2;2*-1;;;;/p+1. The van der Waals surface area contributed by atoms with Crippen molar-refractivity contribution in [2.75, 3.05) is 0 Å². The van der Waals surface area contributed by atoms with Crippen LogP contribution in [0.3, 0.4) is 0 Å². The summed E-state index contributed by atoms with van der Waals surface area (Å²) in [5.41, 5.74) is 27.0. The zero-order valence-electron chi connectivity index (χ0n) is 6.51. The molecule has 0 aliphatic rings. The van der Waals surface area contributed by atoms with Crippen molar-refractivity contribution in [1.29, 1.82) is 0 Å². The Morgan fingerprint density at radius 1 is 0.636 bits per heavy atom. The first-order valence-electron chi connectivity index (χ1n) is 0.800. The topological polar surface area (TPSA) is 259 Å². The Hall–Kier alpha value is -1.37. The van der Waals surface area contributed by atoms with Crippen LogP contribution in [-0.4, -0.2) is 10.1 Å². The molecule has 0 aliphatic heterocycles. The van der Waals surface area contributed by atoms with E-state index in [9.17, 15) is 0 Å². The summed E-state index contributed by atoms with van der Waals surface area (Å²) in [6.45, 7) is 0. The van der Waals surface area contributed by atoms with Gasteiger partial charge in [0.2, 0.25) is 0 Å². The summed E-state index contributed by atoms with van der Waals surface area (Å²) in [6, 6.07) is 0. The van der Waals surface area contributed by atoms with E-state index >= 15 is 0 Å². The van der Waals surface area contributed by atoms with Gasteiger partial charge in [-0.3, -0.25) is 9.82 Å². The molecular weight excluding hydrogens is 149 g/mol. The molecule has 13 N–H and O–H groups in total. The summed E-state index contributed by atoms with van der Waals surface area (Å²) in [5.74, 6) is 0. The van der Waals surface area contributed by atoms with Crippen molar-refractivity contribution < 1.29 is 0 Å². The quantitative estimate of drug-likeness (QED) is 0.180. The molecule has 0 atom stereocenters. The van der Waals surface area contributed by atoms with Crippen molar-refractivity contribution >= 4 is 10.1 Å². The molecule has 0 radical (unpaired) electrons. The first-order valence-corrected chi connectivity index (χ1v) is 0.800. The molecule has 0 rings (SSSR count). The predicted molar refractivity (Wildman–Crippen MR) is 47.0 cm³/mol. The zero-order valence-corrected chi connectivity index (χ0v) is 6.51. The second kappa shape index (κ2) is 1270. The average molecular weight is 162 g/mol. The van der Waals surface area contributed by atoms with E-state index in [1.807, 2.05) is 0 Å². The molecule has 10 nitrogen and oxygen atoms in total. The van der Waals surface area contributed by atoms with Gasteiger partial charge in [-0.15, -0.1) is 0 Å². The van der Waals surface area contributed by atoms with Gasteiger partial charge in [-0.2, -0.15) is 0 Å². The average Bonchev–Trinajstić information content (AvgIpc) is 1.39. The number of nitrogens with zero attached hydrogens (tertiary/aromatic N) is 6. The first-order chi connectivity index (χ1) is 2.83. The van der Waals surface area contributed by atoms with E-state index in [1.54, 1.807) is 0 Å². The third-order valence-electron chi connectivity index (χ3n) is 0. The van der Waals surface area contributed by atoms with E-state index in [0.29, 0.717) is 0 Å². The van der Waals surface area contributed by atoms with E-state index < -0.39 is 0 Å². The van der Waals surface area contributed by atoms with Crippen LogP contribution in [0.15, 0.2) is 0 Å². The summed E-state index contributed by atoms with van der Waals surface area (Å²) < 4.78 is 0. The minimum atomic E-state index is 0. The smallest absolute Gasteiger partial charge is 0.373 e. The fourth-order valence-corrected chi connectivity index (χ4v) is 0. The van der Waals surface area contributed by atoms with Crippen molar-refractivity contribution in [1.82, 2.24) is 24.6 Å². The molecule has 0 aliphatic carbocycles. The van der Waals surface area contributed by atoms with Crippen LogP contribution in [0, 0.1) is 0 Å². The first kappa shape index (κ1) is 104. The minimum Gasteiger partial charge on any atom is -0.373 e. The van der Waals surface area contributed by atoms with Crippen LogP contribution < -0.4 is 24.6 Å². The number of hydrogen-bond donors (Lipinski definition) is 4. The van der Waals surface area contributed by atoms with Gasteiger partial charge in [-0.25, -0.2) is 0 Å². The third-order valence-corrected chi connectivity index (χ3v) is 0. The van der Waals surface area contributed by atoms with Crippen molar-refractivity contribution in [3.05, 3.63) is 31.9 Å². The Bertz CT molecular complexity index is 58.9. The molecule has 0 amide bonds. The van der Waals surface area contributed by atoms with Crippen LogP contribution in [0.1, 0.15) is 0 Å². The number of rotatable bonds is 0. The van der Waals surface area contributed by atoms with E-state index in [0.717, 1.165) is 0 Å². The van der Waals surface area contributed by atoms with Crippen LogP contribution >= 0.6 is 0 Å². The monoisotopic (exact) mass is 162 g/mol. The molecule has 0 saturated heterocycles. The SMILES string of the molecule is N.N.N.[Be+2].[N-]=[N+]=[N-].[N-]=[N+]=[N-].[NH4+]. The van der Waals surface area contributed by atoms with Gasteiger partial charge < -0.3 is 46.7 Å². The second-order valence-electron chi connectivity index (χ2n) is 0.179. The summed E-state index contributed by atoms with van der Waals surface area (Å²) >= 11 is 0. The van der Waals surface area contributed by atoms with Crippen molar-refractivity contribution in [3.63, 3.8) is 0 Å². The molecule has 11 heteroatoms. The maximum atomic E-state index is 6.75. The Morgan fingerprint density at radius 2 is 0.636 bits per heavy atom.